The molecule has 26 heavy (non-hydrogen) atoms. The van der Waals surface area contributed by atoms with Crippen LogP contribution in [0.3, 0.4) is 0 Å². The molecule has 0 bridgehead atoms. The van der Waals surface area contributed by atoms with Crippen LogP contribution in [-0.4, -0.2) is 17.4 Å². The number of hydrogen-bond acceptors (Lipinski definition) is 4. The van der Waals surface area contributed by atoms with Gasteiger partial charge in [-0.15, -0.1) is 0 Å². The Hall–Kier alpha value is -2.21. The molecule has 0 saturated heterocycles. The number of nitrogens with zero attached hydrogens (tertiary/aromatic N) is 1. The molecule has 1 N–H and O–H groups in total. The molecule has 0 fully saturated rings. The van der Waals surface area contributed by atoms with E-state index in [0.717, 1.165) is 11.5 Å². The van der Waals surface area contributed by atoms with Crippen LogP contribution < -0.4 is 5.32 Å². The van der Waals surface area contributed by atoms with E-state index < -0.39 is 0 Å². The van der Waals surface area contributed by atoms with Crippen molar-refractivity contribution in [2.24, 2.45) is 0 Å². The molecule has 1 aromatic carbocycles. The Balaban J connectivity index is 1.60. The Morgan fingerprint density at radius 3 is 2.00 bits per heavy atom. The van der Waals surface area contributed by atoms with Gasteiger partial charge in [-0.1, -0.05) is 29.3 Å². The molecule has 3 aromatic rings. The summed E-state index contributed by atoms with van der Waals surface area (Å²) in [6.45, 7) is 1.68. The van der Waals surface area contributed by atoms with Gasteiger partial charge in [0.15, 0.2) is 0 Å². The van der Waals surface area contributed by atoms with E-state index in [2.05, 4.69) is 10.2 Å². The van der Waals surface area contributed by atoms with Crippen LogP contribution in [-0.2, 0) is 17.9 Å². The molecule has 0 saturated carbocycles. The number of anilines is 1. The van der Waals surface area contributed by atoms with Gasteiger partial charge in [0.05, 0.1) is 41.3 Å². The first-order valence-corrected chi connectivity index (χ1v) is 8.88. The normalized spacial score (nSPS) is 11.0. The number of halogens is 2. The second-order valence-corrected chi connectivity index (χ2v) is 6.58. The lowest BCUT2D eigenvalue weighted by atomic mass is 10.2. The minimum atomic E-state index is -0.163. The van der Waals surface area contributed by atoms with E-state index in [9.17, 15) is 4.79 Å². The third-order valence-corrected chi connectivity index (χ3v) is 4.43. The third kappa shape index (κ3) is 5.14. The first-order valence-electron chi connectivity index (χ1n) is 8.13. The molecule has 0 radical (unpaired) electrons. The van der Waals surface area contributed by atoms with Crippen molar-refractivity contribution < 1.29 is 13.6 Å². The molecule has 5 nitrogen and oxygen atoms in total. The summed E-state index contributed by atoms with van der Waals surface area (Å²) in [5, 5.41) is 3.60. The largest absolute Gasteiger partial charge is 0.468 e. The first-order chi connectivity index (χ1) is 12.6. The number of hydrogen-bond donors (Lipinski definition) is 1. The monoisotopic (exact) mass is 392 g/mol. The summed E-state index contributed by atoms with van der Waals surface area (Å²) in [7, 11) is 0. The van der Waals surface area contributed by atoms with E-state index in [0.29, 0.717) is 35.4 Å². The van der Waals surface area contributed by atoms with E-state index in [1.807, 2.05) is 24.3 Å². The van der Waals surface area contributed by atoms with Crippen molar-refractivity contribution in [2.45, 2.75) is 19.5 Å². The van der Waals surface area contributed by atoms with Crippen LogP contribution in [0.1, 0.15) is 17.9 Å². The third-order valence-electron chi connectivity index (χ3n) is 3.80. The van der Waals surface area contributed by atoms with E-state index in [4.69, 9.17) is 32.0 Å². The van der Waals surface area contributed by atoms with E-state index in [1.54, 1.807) is 30.7 Å². The number of carbonyl (C=O) groups is 1. The zero-order valence-electron chi connectivity index (χ0n) is 14.0. The van der Waals surface area contributed by atoms with Crippen LogP contribution in [0.25, 0.3) is 0 Å². The second-order valence-electron chi connectivity index (χ2n) is 5.76. The molecule has 2 heterocycles. The van der Waals surface area contributed by atoms with Gasteiger partial charge >= 0.3 is 0 Å². The van der Waals surface area contributed by atoms with Gasteiger partial charge in [-0.05, 0) is 36.4 Å². The highest BCUT2D eigenvalue weighted by atomic mass is 35.5. The van der Waals surface area contributed by atoms with Crippen molar-refractivity contribution in [2.75, 3.05) is 11.9 Å². The van der Waals surface area contributed by atoms with Gasteiger partial charge in [0.1, 0.15) is 11.5 Å². The van der Waals surface area contributed by atoms with Crippen LogP contribution in [0.5, 0.6) is 0 Å². The smallest absolute Gasteiger partial charge is 0.225 e. The highest BCUT2D eigenvalue weighted by Crippen LogP contribution is 2.29. The van der Waals surface area contributed by atoms with Gasteiger partial charge in [0.25, 0.3) is 0 Å². The Labute approximate surface area is 161 Å². The maximum atomic E-state index is 12.3. The SMILES string of the molecule is O=C(CCN(Cc1ccco1)Cc1ccco1)Nc1c(Cl)cccc1Cl. The van der Waals surface area contributed by atoms with Crippen LogP contribution in [0, 0.1) is 0 Å². The zero-order chi connectivity index (χ0) is 18.4. The van der Waals surface area contributed by atoms with Gasteiger partial charge in [-0.3, -0.25) is 9.69 Å². The fraction of sp³-hybridized carbons (Fsp3) is 0.211. The summed E-state index contributed by atoms with van der Waals surface area (Å²) in [5.41, 5.74) is 0.435. The second kappa shape index (κ2) is 8.94. The minimum absolute atomic E-state index is 0.163. The molecule has 136 valence electrons. The van der Waals surface area contributed by atoms with Crippen LogP contribution >= 0.6 is 23.2 Å². The number of rotatable bonds is 8. The Bertz CT molecular complexity index is 776. The van der Waals surface area contributed by atoms with Crippen molar-refractivity contribution in [3.63, 3.8) is 0 Å². The van der Waals surface area contributed by atoms with E-state index in [-0.39, 0.29) is 12.3 Å². The fourth-order valence-corrected chi connectivity index (χ4v) is 3.03. The minimum Gasteiger partial charge on any atom is -0.468 e. The predicted octanol–water partition coefficient (Wildman–Crippen LogP) is 5.21. The van der Waals surface area contributed by atoms with E-state index >= 15 is 0 Å². The molecule has 0 aliphatic carbocycles. The number of nitrogens with one attached hydrogen (secondary N) is 1. The molecule has 0 spiro atoms. The molecule has 3 rings (SSSR count). The number of amides is 1. The summed E-state index contributed by atoms with van der Waals surface area (Å²) < 4.78 is 10.8. The van der Waals surface area contributed by atoms with Crippen molar-refractivity contribution in [3.05, 3.63) is 76.6 Å². The van der Waals surface area contributed by atoms with E-state index in [1.165, 1.54) is 0 Å². The predicted molar refractivity (Wildman–Crippen MR) is 101 cm³/mol. The Morgan fingerprint density at radius 2 is 1.50 bits per heavy atom. The Kier molecular flexibility index (Phi) is 6.39. The molecular weight excluding hydrogens is 375 g/mol. The summed E-state index contributed by atoms with van der Waals surface area (Å²) in [6.07, 6.45) is 3.54. The maximum absolute atomic E-state index is 12.3. The van der Waals surface area contributed by atoms with Gasteiger partial charge in [0.2, 0.25) is 5.91 Å². The summed E-state index contributed by atoms with van der Waals surface area (Å²) in [5.74, 6) is 1.49. The van der Waals surface area contributed by atoms with Gasteiger partial charge in [-0.2, -0.15) is 0 Å². The van der Waals surface area contributed by atoms with Crippen molar-refractivity contribution in [3.8, 4) is 0 Å². The fourth-order valence-electron chi connectivity index (χ4n) is 2.54. The molecule has 1 amide bonds. The summed E-state index contributed by atoms with van der Waals surface area (Å²) in [6, 6.07) is 12.6. The number of carbonyl (C=O) groups excluding carboxylic acids is 1. The highest BCUT2D eigenvalue weighted by Gasteiger charge is 2.14. The average Bonchev–Trinajstić information content (AvgIpc) is 3.30. The van der Waals surface area contributed by atoms with Crippen molar-refractivity contribution >= 4 is 34.8 Å². The first kappa shape index (κ1) is 18.6. The van der Waals surface area contributed by atoms with Crippen LogP contribution in [0.15, 0.2) is 63.8 Å². The maximum Gasteiger partial charge on any atom is 0.225 e. The zero-order valence-corrected chi connectivity index (χ0v) is 15.5. The standard InChI is InChI=1S/C19H18Cl2N2O3/c20-16-6-1-7-17(21)19(16)22-18(24)8-9-23(12-14-4-2-10-25-14)13-15-5-3-11-26-15/h1-7,10-11H,8-9,12-13H2,(H,22,24). The lowest BCUT2D eigenvalue weighted by molar-refractivity contribution is -0.116. The molecule has 7 heteroatoms. The quantitative estimate of drug-likeness (QED) is 0.571. The molecule has 0 unspecified atom stereocenters. The highest BCUT2D eigenvalue weighted by molar-refractivity contribution is 6.39. The lowest BCUT2D eigenvalue weighted by Gasteiger charge is -2.20. The molecule has 0 aliphatic rings. The van der Waals surface area contributed by atoms with Gasteiger partial charge in [0, 0.05) is 13.0 Å². The van der Waals surface area contributed by atoms with Crippen LogP contribution in [0.4, 0.5) is 5.69 Å². The van der Waals surface area contributed by atoms with Crippen molar-refractivity contribution in [1.29, 1.82) is 0 Å². The number of benzene rings is 1. The van der Waals surface area contributed by atoms with Gasteiger partial charge in [-0.25, -0.2) is 0 Å². The molecule has 2 aromatic heterocycles. The summed E-state index contributed by atoms with van der Waals surface area (Å²) in [4.78, 5) is 14.4. The lowest BCUT2D eigenvalue weighted by Crippen LogP contribution is -2.27. The molecular formula is C19H18Cl2N2O3. The Morgan fingerprint density at radius 1 is 0.923 bits per heavy atom. The molecule has 0 aliphatic heterocycles. The summed E-state index contributed by atoms with van der Waals surface area (Å²) >= 11 is 12.2. The number of para-hydroxylation sites is 1. The van der Waals surface area contributed by atoms with Crippen LogP contribution in [0.2, 0.25) is 10.0 Å². The van der Waals surface area contributed by atoms with Crippen molar-refractivity contribution in [1.82, 2.24) is 4.90 Å². The number of furan rings is 2. The molecule has 0 atom stereocenters. The topological polar surface area (TPSA) is 58.6 Å². The average molecular weight is 393 g/mol. The van der Waals surface area contributed by atoms with Gasteiger partial charge < -0.3 is 14.2 Å².